The summed E-state index contributed by atoms with van der Waals surface area (Å²) in [5.41, 5.74) is 2.18. The van der Waals surface area contributed by atoms with Crippen LogP contribution in [0.15, 0.2) is 65.8 Å². The Hall–Kier alpha value is -2.09. The van der Waals surface area contributed by atoms with Gasteiger partial charge in [0.2, 0.25) is 0 Å². The van der Waals surface area contributed by atoms with Gasteiger partial charge in [0.1, 0.15) is 0 Å². The van der Waals surface area contributed by atoms with E-state index in [1.807, 2.05) is 47.6 Å². The number of para-hydroxylation sites is 2. The van der Waals surface area contributed by atoms with E-state index in [-0.39, 0.29) is 0 Å². The van der Waals surface area contributed by atoms with Gasteiger partial charge in [0, 0.05) is 6.21 Å². The maximum absolute atomic E-state index is 4.64. The first-order valence-corrected chi connectivity index (χ1v) is 7.34. The van der Waals surface area contributed by atoms with E-state index in [1.165, 1.54) is 19.3 Å². The number of nitrogens with zero attached hydrogens (tertiary/aromatic N) is 2. The molecular formula is C18H22N2. The van der Waals surface area contributed by atoms with Gasteiger partial charge in [-0.3, -0.25) is 0 Å². The molecule has 2 heteroatoms. The second-order valence-corrected chi connectivity index (χ2v) is 4.78. The second kappa shape index (κ2) is 8.16. The van der Waals surface area contributed by atoms with Crippen molar-refractivity contribution in [1.29, 1.82) is 0 Å². The molecule has 0 aliphatic carbocycles. The molecule has 0 heterocycles. The average Bonchev–Trinajstić information content (AvgIpc) is 2.53. The van der Waals surface area contributed by atoms with E-state index in [9.17, 15) is 0 Å². The largest absolute Gasteiger partial charge is 0.234 e. The first-order chi connectivity index (χ1) is 9.92. The number of anilines is 2. The third-order valence-electron chi connectivity index (χ3n) is 3.14. The summed E-state index contributed by atoms with van der Waals surface area (Å²) in [4.78, 5) is 0. The lowest BCUT2D eigenvalue weighted by Gasteiger charge is -2.19. The number of hydrogen-bond acceptors (Lipinski definition) is 2. The highest BCUT2D eigenvalue weighted by Crippen LogP contribution is 2.24. The minimum atomic E-state index is 1.03. The van der Waals surface area contributed by atoms with Crippen molar-refractivity contribution in [2.75, 3.05) is 5.01 Å². The van der Waals surface area contributed by atoms with Crippen molar-refractivity contribution in [3.8, 4) is 0 Å². The zero-order chi connectivity index (χ0) is 14.0. The zero-order valence-electron chi connectivity index (χ0n) is 12.1. The number of benzene rings is 2. The zero-order valence-corrected chi connectivity index (χ0v) is 12.1. The maximum atomic E-state index is 4.64. The molecule has 0 saturated heterocycles. The molecule has 20 heavy (non-hydrogen) atoms. The highest BCUT2D eigenvalue weighted by atomic mass is 15.5. The Labute approximate surface area is 121 Å². The standard InChI is InChI=1S/C18H22N2/c1-2-3-4-11-16-19-20(17-12-7-5-8-13-17)18-14-9-6-10-15-18/h5-10,12-16H,2-4,11H2,1H3/b19-16+. The molecule has 0 atom stereocenters. The third kappa shape index (κ3) is 4.23. The van der Waals surface area contributed by atoms with E-state index >= 15 is 0 Å². The van der Waals surface area contributed by atoms with Gasteiger partial charge in [-0.05, 0) is 37.1 Å². The molecule has 0 amide bonds. The molecule has 0 bridgehead atoms. The van der Waals surface area contributed by atoms with Crippen LogP contribution in [0, 0.1) is 0 Å². The fourth-order valence-electron chi connectivity index (χ4n) is 2.05. The van der Waals surface area contributed by atoms with Gasteiger partial charge in [0.25, 0.3) is 0 Å². The normalized spacial score (nSPS) is 10.8. The number of unbranched alkanes of at least 4 members (excludes halogenated alkanes) is 3. The van der Waals surface area contributed by atoms with Crippen molar-refractivity contribution in [3.05, 3.63) is 60.7 Å². The molecule has 0 aromatic heterocycles. The fourth-order valence-corrected chi connectivity index (χ4v) is 2.05. The summed E-state index contributed by atoms with van der Waals surface area (Å²) in [6, 6.07) is 20.5. The van der Waals surface area contributed by atoms with Crippen LogP contribution in [0.1, 0.15) is 32.6 Å². The summed E-state index contributed by atoms with van der Waals surface area (Å²) in [6.45, 7) is 2.22. The molecule has 0 saturated carbocycles. The molecule has 0 spiro atoms. The van der Waals surface area contributed by atoms with E-state index in [4.69, 9.17) is 0 Å². The first kappa shape index (κ1) is 14.3. The molecule has 0 fully saturated rings. The molecule has 0 radical (unpaired) electrons. The van der Waals surface area contributed by atoms with Crippen LogP contribution in [0.4, 0.5) is 11.4 Å². The molecule has 0 aliphatic rings. The molecule has 2 aromatic rings. The van der Waals surface area contributed by atoms with Gasteiger partial charge in [-0.2, -0.15) is 5.10 Å². The summed E-state index contributed by atoms with van der Waals surface area (Å²) in [5, 5.41) is 6.64. The monoisotopic (exact) mass is 266 g/mol. The van der Waals surface area contributed by atoms with E-state index in [2.05, 4.69) is 36.3 Å². The van der Waals surface area contributed by atoms with Gasteiger partial charge in [0.05, 0.1) is 11.4 Å². The Morgan fingerprint density at radius 1 is 0.850 bits per heavy atom. The van der Waals surface area contributed by atoms with Crippen molar-refractivity contribution in [2.45, 2.75) is 32.6 Å². The van der Waals surface area contributed by atoms with E-state index < -0.39 is 0 Å². The lowest BCUT2D eigenvalue weighted by Crippen LogP contribution is -2.08. The molecule has 0 unspecified atom stereocenters. The van der Waals surface area contributed by atoms with Crippen LogP contribution in [0.3, 0.4) is 0 Å². The SMILES string of the molecule is CCCCC/C=N/N(c1ccccc1)c1ccccc1. The van der Waals surface area contributed by atoms with E-state index in [0.29, 0.717) is 0 Å². The summed E-state index contributed by atoms with van der Waals surface area (Å²) >= 11 is 0. The lowest BCUT2D eigenvalue weighted by molar-refractivity contribution is 0.745. The smallest absolute Gasteiger partial charge is 0.0652 e. The topological polar surface area (TPSA) is 15.6 Å². The van der Waals surface area contributed by atoms with Gasteiger partial charge in [-0.15, -0.1) is 0 Å². The Balaban J connectivity index is 2.13. The van der Waals surface area contributed by atoms with Crippen LogP contribution < -0.4 is 5.01 Å². The highest BCUT2D eigenvalue weighted by molar-refractivity contribution is 5.67. The summed E-state index contributed by atoms with van der Waals surface area (Å²) < 4.78 is 0. The number of hydrogen-bond donors (Lipinski definition) is 0. The van der Waals surface area contributed by atoms with Crippen molar-refractivity contribution in [2.24, 2.45) is 5.10 Å². The van der Waals surface area contributed by atoms with Crippen LogP contribution in [-0.2, 0) is 0 Å². The molecule has 0 N–H and O–H groups in total. The van der Waals surface area contributed by atoms with Gasteiger partial charge >= 0.3 is 0 Å². The van der Waals surface area contributed by atoms with E-state index in [0.717, 1.165) is 17.8 Å². The summed E-state index contributed by atoms with van der Waals surface area (Å²) in [7, 11) is 0. The molecule has 0 aliphatic heterocycles. The van der Waals surface area contributed by atoms with Crippen molar-refractivity contribution < 1.29 is 0 Å². The van der Waals surface area contributed by atoms with Crippen molar-refractivity contribution in [1.82, 2.24) is 0 Å². The fraction of sp³-hybridized carbons (Fsp3) is 0.278. The minimum absolute atomic E-state index is 1.03. The van der Waals surface area contributed by atoms with E-state index in [1.54, 1.807) is 0 Å². The van der Waals surface area contributed by atoms with Crippen LogP contribution >= 0.6 is 0 Å². The Morgan fingerprint density at radius 2 is 1.40 bits per heavy atom. The lowest BCUT2D eigenvalue weighted by atomic mass is 10.2. The van der Waals surface area contributed by atoms with Crippen molar-refractivity contribution in [3.63, 3.8) is 0 Å². The average molecular weight is 266 g/mol. The Morgan fingerprint density at radius 3 is 1.90 bits per heavy atom. The predicted octanol–water partition coefficient (Wildman–Crippen LogP) is 5.39. The van der Waals surface area contributed by atoms with Gasteiger partial charge < -0.3 is 0 Å². The van der Waals surface area contributed by atoms with Crippen LogP contribution in [0.2, 0.25) is 0 Å². The molecule has 2 rings (SSSR count). The first-order valence-electron chi connectivity index (χ1n) is 7.34. The van der Waals surface area contributed by atoms with Gasteiger partial charge in [-0.1, -0.05) is 56.2 Å². The van der Waals surface area contributed by atoms with Crippen LogP contribution in [-0.4, -0.2) is 6.21 Å². The summed E-state index contributed by atoms with van der Waals surface area (Å²) in [6.07, 6.45) is 6.77. The molecule has 104 valence electrons. The number of hydrazone groups is 1. The third-order valence-corrected chi connectivity index (χ3v) is 3.14. The second-order valence-electron chi connectivity index (χ2n) is 4.78. The van der Waals surface area contributed by atoms with Gasteiger partial charge in [0.15, 0.2) is 0 Å². The predicted molar refractivity (Wildman–Crippen MR) is 87.7 cm³/mol. The number of rotatable bonds is 7. The molecule has 2 nitrogen and oxygen atoms in total. The minimum Gasteiger partial charge on any atom is -0.234 e. The highest BCUT2D eigenvalue weighted by Gasteiger charge is 2.05. The van der Waals surface area contributed by atoms with Gasteiger partial charge in [-0.25, -0.2) is 5.01 Å². The van der Waals surface area contributed by atoms with Crippen molar-refractivity contribution >= 4 is 17.6 Å². The van der Waals surface area contributed by atoms with Crippen LogP contribution in [0.25, 0.3) is 0 Å². The quantitative estimate of drug-likeness (QED) is 0.372. The maximum Gasteiger partial charge on any atom is 0.0652 e. The Bertz CT molecular complexity index is 466. The van der Waals surface area contributed by atoms with Crippen LogP contribution in [0.5, 0.6) is 0 Å². The molecular weight excluding hydrogens is 244 g/mol. The molecule has 2 aromatic carbocycles. The Kier molecular flexibility index (Phi) is 5.84. The summed E-state index contributed by atoms with van der Waals surface area (Å²) in [5.74, 6) is 0.